The van der Waals surface area contributed by atoms with Gasteiger partial charge in [-0.3, -0.25) is 9.69 Å². The van der Waals surface area contributed by atoms with Crippen molar-refractivity contribution in [2.45, 2.75) is 91.0 Å². The molecule has 1 saturated carbocycles. The van der Waals surface area contributed by atoms with E-state index in [0.717, 1.165) is 18.9 Å². The quantitative estimate of drug-likeness (QED) is 0.531. The highest BCUT2D eigenvalue weighted by Crippen LogP contribution is 2.30. The molecule has 1 heterocycles. The fourth-order valence-electron chi connectivity index (χ4n) is 4.66. The summed E-state index contributed by atoms with van der Waals surface area (Å²) in [6.45, 7) is 12.7. The number of carbonyl (C=O) groups excluding carboxylic acids is 1. The molecule has 0 atom stereocenters. The van der Waals surface area contributed by atoms with Crippen LogP contribution in [0, 0.1) is 11.8 Å². The Hall–Kier alpha value is -0.410. The second-order valence-corrected chi connectivity index (χ2v) is 8.71. The normalized spacial score (nSPS) is 26.2. The van der Waals surface area contributed by atoms with Gasteiger partial charge in [-0.25, -0.2) is 0 Å². The molecule has 0 aromatic heterocycles. The highest BCUT2D eigenvalue weighted by atomic mass is 16.1. The molecule has 0 N–H and O–H groups in total. The van der Waals surface area contributed by atoms with Gasteiger partial charge in [-0.05, 0) is 38.6 Å². The minimum Gasteiger partial charge on any atom is -0.301 e. The molecule has 146 valence electrons. The lowest BCUT2D eigenvalue weighted by atomic mass is 9.80. The predicted molar refractivity (Wildman–Crippen MR) is 107 cm³/mol. The Morgan fingerprint density at radius 2 is 1.48 bits per heavy atom. The molecule has 1 aliphatic heterocycles. The zero-order valence-corrected chi connectivity index (χ0v) is 17.1. The molecule has 0 radical (unpaired) electrons. The number of unbranched alkanes of at least 4 members (excludes halogenated alkanes) is 5. The van der Waals surface area contributed by atoms with Crippen molar-refractivity contribution in [2.75, 3.05) is 32.7 Å². The average Bonchev–Trinajstić information content (AvgIpc) is 2.64. The third kappa shape index (κ3) is 7.02. The molecule has 0 unspecified atom stereocenters. The maximum atomic E-state index is 12.2. The largest absolute Gasteiger partial charge is 0.301 e. The Morgan fingerprint density at radius 3 is 2.08 bits per heavy atom. The molecule has 0 aromatic rings. The van der Waals surface area contributed by atoms with E-state index in [0.29, 0.717) is 11.7 Å². The topological polar surface area (TPSA) is 23.6 Å². The van der Waals surface area contributed by atoms with Gasteiger partial charge < -0.3 is 4.90 Å². The van der Waals surface area contributed by atoms with Crippen molar-refractivity contribution >= 4 is 5.78 Å². The first-order valence-corrected chi connectivity index (χ1v) is 11.1. The first-order chi connectivity index (χ1) is 12.1. The monoisotopic (exact) mass is 350 g/mol. The molecular weight excluding hydrogens is 308 g/mol. The molecule has 2 aliphatic rings. The number of Topliss-reactive ketones (excluding diaryl/α,β-unsaturated/α-hetero) is 1. The van der Waals surface area contributed by atoms with Gasteiger partial charge >= 0.3 is 0 Å². The summed E-state index contributed by atoms with van der Waals surface area (Å²) in [5.41, 5.74) is 0. The SMILES string of the molecule is CCCCCCCCN1CCN([C@H]2CC[C@H](C(=O)C(C)C)CC2)CC1. The molecule has 0 amide bonds. The Bertz CT molecular complexity index is 366. The van der Waals surface area contributed by atoms with Crippen molar-refractivity contribution in [3.8, 4) is 0 Å². The van der Waals surface area contributed by atoms with Gasteiger partial charge in [0.05, 0.1) is 0 Å². The van der Waals surface area contributed by atoms with Crippen LogP contribution in [0.3, 0.4) is 0 Å². The number of hydrogen-bond acceptors (Lipinski definition) is 3. The maximum Gasteiger partial charge on any atom is 0.138 e. The van der Waals surface area contributed by atoms with Crippen molar-refractivity contribution in [1.82, 2.24) is 9.80 Å². The van der Waals surface area contributed by atoms with Crippen LogP contribution >= 0.6 is 0 Å². The fraction of sp³-hybridized carbons (Fsp3) is 0.955. The number of nitrogens with zero attached hydrogens (tertiary/aromatic N) is 2. The summed E-state index contributed by atoms with van der Waals surface area (Å²) in [5.74, 6) is 1.07. The van der Waals surface area contributed by atoms with Crippen LogP contribution < -0.4 is 0 Å². The summed E-state index contributed by atoms with van der Waals surface area (Å²) < 4.78 is 0. The molecule has 1 saturated heterocycles. The maximum absolute atomic E-state index is 12.2. The average molecular weight is 351 g/mol. The van der Waals surface area contributed by atoms with Crippen LogP contribution in [0.2, 0.25) is 0 Å². The minimum atomic E-state index is 0.215. The van der Waals surface area contributed by atoms with Crippen LogP contribution in [0.4, 0.5) is 0 Å². The van der Waals surface area contributed by atoms with Gasteiger partial charge in [0.2, 0.25) is 0 Å². The van der Waals surface area contributed by atoms with E-state index in [1.165, 1.54) is 84.1 Å². The molecule has 3 heteroatoms. The van der Waals surface area contributed by atoms with E-state index in [-0.39, 0.29) is 5.92 Å². The van der Waals surface area contributed by atoms with Gasteiger partial charge in [-0.1, -0.05) is 52.9 Å². The van der Waals surface area contributed by atoms with Crippen LogP contribution in [0.25, 0.3) is 0 Å². The van der Waals surface area contributed by atoms with Crippen LogP contribution in [0.1, 0.15) is 85.0 Å². The van der Waals surface area contributed by atoms with Crippen molar-refractivity contribution in [3.05, 3.63) is 0 Å². The molecule has 0 aromatic carbocycles. The number of piperazine rings is 1. The zero-order valence-electron chi connectivity index (χ0n) is 17.1. The zero-order chi connectivity index (χ0) is 18.1. The lowest BCUT2D eigenvalue weighted by Crippen LogP contribution is -2.51. The second kappa shape index (κ2) is 11.3. The lowest BCUT2D eigenvalue weighted by molar-refractivity contribution is -0.127. The van der Waals surface area contributed by atoms with E-state index in [4.69, 9.17) is 0 Å². The summed E-state index contributed by atoms with van der Waals surface area (Å²) >= 11 is 0. The third-order valence-electron chi connectivity index (χ3n) is 6.42. The Morgan fingerprint density at radius 1 is 0.880 bits per heavy atom. The molecule has 25 heavy (non-hydrogen) atoms. The van der Waals surface area contributed by atoms with Crippen molar-refractivity contribution in [2.24, 2.45) is 11.8 Å². The first-order valence-electron chi connectivity index (χ1n) is 11.1. The molecule has 1 aliphatic carbocycles. The van der Waals surface area contributed by atoms with Gasteiger partial charge in [-0.15, -0.1) is 0 Å². The summed E-state index contributed by atoms with van der Waals surface area (Å²) in [6.07, 6.45) is 13.1. The van der Waals surface area contributed by atoms with Crippen LogP contribution in [0.5, 0.6) is 0 Å². The number of ketones is 1. The highest BCUT2D eigenvalue weighted by Gasteiger charge is 2.31. The summed E-state index contributed by atoms with van der Waals surface area (Å²) in [5, 5.41) is 0. The van der Waals surface area contributed by atoms with Gasteiger partial charge in [0.25, 0.3) is 0 Å². The van der Waals surface area contributed by atoms with E-state index in [2.05, 4.69) is 30.6 Å². The summed E-state index contributed by atoms with van der Waals surface area (Å²) in [7, 11) is 0. The van der Waals surface area contributed by atoms with Crippen LogP contribution in [0.15, 0.2) is 0 Å². The van der Waals surface area contributed by atoms with E-state index in [1.54, 1.807) is 0 Å². The lowest BCUT2D eigenvalue weighted by Gasteiger charge is -2.42. The Kier molecular flexibility index (Phi) is 9.47. The van der Waals surface area contributed by atoms with Crippen molar-refractivity contribution in [3.63, 3.8) is 0 Å². The summed E-state index contributed by atoms with van der Waals surface area (Å²) in [4.78, 5) is 17.6. The predicted octanol–water partition coefficient (Wildman–Crippen LogP) is 4.75. The molecule has 0 spiro atoms. The smallest absolute Gasteiger partial charge is 0.138 e. The Labute approximate surface area is 156 Å². The van der Waals surface area contributed by atoms with Crippen molar-refractivity contribution in [1.29, 1.82) is 0 Å². The first kappa shape index (κ1) is 20.9. The van der Waals surface area contributed by atoms with E-state index < -0.39 is 0 Å². The molecule has 3 nitrogen and oxygen atoms in total. The van der Waals surface area contributed by atoms with Gasteiger partial charge in [0.1, 0.15) is 5.78 Å². The number of rotatable bonds is 10. The van der Waals surface area contributed by atoms with Gasteiger partial charge in [0, 0.05) is 44.1 Å². The third-order valence-corrected chi connectivity index (χ3v) is 6.42. The summed E-state index contributed by atoms with van der Waals surface area (Å²) in [6, 6.07) is 0.743. The van der Waals surface area contributed by atoms with E-state index in [1.807, 2.05) is 0 Å². The molecule has 0 bridgehead atoms. The second-order valence-electron chi connectivity index (χ2n) is 8.71. The molecular formula is C22H42N2O. The molecule has 2 fully saturated rings. The minimum absolute atomic E-state index is 0.215. The van der Waals surface area contributed by atoms with E-state index >= 15 is 0 Å². The molecule has 2 rings (SSSR count). The van der Waals surface area contributed by atoms with Crippen LogP contribution in [-0.2, 0) is 4.79 Å². The van der Waals surface area contributed by atoms with E-state index in [9.17, 15) is 4.79 Å². The Balaban J connectivity index is 1.57. The van der Waals surface area contributed by atoms with Gasteiger partial charge in [-0.2, -0.15) is 0 Å². The highest BCUT2D eigenvalue weighted by molar-refractivity contribution is 5.82. The number of hydrogen-bond donors (Lipinski definition) is 0. The van der Waals surface area contributed by atoms with Crippen LogP contribution in [-0.4, -0.2) is 54.3 Å². The van der Waals surface area contributed by atoms with Gasteiger partial charge in [0.15, 0.2) is 0 Å². The standard InChI is InChI=1S/C22H42N2O/c1-4-5-6-7-8-9-14-23-15-17-24(18-16-23)21-12-10-20(11-13-21)22(25)19(2)3/h19-21H,4-18H2,1-3H3/t20-,21-. The number of carbonyl (C=O) groups is 1. The van der Waals surface area contributed by atoms with Crippen molar-refractivity contribution < 1.29 is 4.79 Å². The fourth-order valence-corrected chi connectivity index (χ4v) is 4.66.